The molecule has 3 aliphatic heterocycles. The Morgan fingerprint density at radius 1 is 1.20 bits per heavy atom. The number of hydrogen-bond donors (Lipinski definition) is 3. The number of aromatic hydroxyl groups is 1. The molecular weight excluding hydrogens is 587 g/mol. The molecule has 1 aliphatic carbocycles. The molecule has 1 aromatic carbocycles. The smallest absolute Gasteiger partial charge is 0.296 e. The summed E-state index contributed by atoms with van der Waals surface area (Å²) >= 11 is 0. The first-order valence-electron chi connectivity index (χ1n) is 14.9. The molecule has 0 spiro atoms. The molecule has 238 valence electrons. The van der Waals surface area contributed by atoms with E-state index < -0.39 is 46.3 Å². The molecule has 2 fully saturated rings. The van der Waals surface area contributed by atoms with Gasteiger partial charge in [0, 0.05) is 40.2 Å². The first-order chi connectivity index (χ1) is 21.5. The normalized spacial score (nSPS) is 23.8. The average Bonchev–Trinajstić information content (AvgIpc) is 3.60. The van der Waals surface area contributed by atoms with Crippen molar-refractivity contribution in [3.63, 3.8) is 0 Å². The van der Waals surface area contributed by atoms with Crippen LogP contribution < -0.4 is 16.2 Å². The van der Waals surface area contributed by atoms with E-state index in [2.05, 4.69) is 25.7 Å². The van der Waals surface area contributed by atoms with Crippen LogP contribution in [-0.4, -0.2) is 77.8 Å². The highest BCUT2D eigenvalue weighted by Crippen LogP contribution is 2.43. The Bertz CT molecular complexity index is 1730. The number of rotatable bonds is 7. The van der Waals surface area contributed by atoms with E-state index in [1.54, 1.807) is 20.0 Å². The number of halogens is 1. The molecule has 2 aromatic heterocycles. The number of carbonyl (C=O) groups excluding carboxylic acids is 3. The maximum absolute atomic E-state index is 14.0. The molecule has 1 saturated heterocycles. The molecule has 0 radical (unpaired) electrons. The Morgan fingerprint density at radius 3 is 2.62 bits per heavy atom. The van der Waals surface area contributed by atoms with E-state index in [0.29, 0.717) is 36.8 Å². The number of likely N-dealkylation sites (tertiary alicyclic amines) is 1. The van der Waals surface area contributed by atoms with Crippen LogP contribution in [0.2, 0.25) is 0 Å². The number of nitrogens with zero attached hydrogens (tertiary/aromatic N) is 6. The van der Waals surface area contributed by atoms with Gasteiger partial charge in [0.05, 0.1) is 11.6 Å². The van der Waals surface area contributed by atoms with Gasteiger partial charge in [-0.05, 0) is 55.7 Å². The van der Waals surface area contributed by atoms with Crippen molar-refractivity contribution in [2.24, 2.45) is 13.0 Å². The Morgan fingerprint density at radius 2 is 1.96 bits per heavy atom. The Balaban J connectivity index is 1.31. The molecule has 14 nitrogen and oxygen atoms in total. The van der Waals surface area contributed by atoms with Gasteiger partial charge in [-0.25, -0.2) is 14.4 Å². The minimum absolute atomic E-state index is 0.0147. The van der Waals surface area contributed by atoms with E-state index in [-0.39, 0.29) is 55.5 Å². The summed E-state index contributed by atoms with van der Waals surface area (Å²) in [4.78, 5) is 64.1. The molecule has 5 heterocycles. The molecule has 2 bridgehead atoms. The summed E-state index contributed by atoms with van der Waals surface area (Å²) in [6.07, 6.45) is 3.52. The fourth-order valence-corrected chi connectivity index (χ4v) is 6.66. The lowest BCUT2D eigenvalue weighted by atomic mass is 9.77. The SMILES string of the molecule is CO[C@H]1C[C@@H](C(=O)NC23CCC(CC2)Cn2c3nc(C(=O)NCc3ccc(F)c(C)c3)c(O)c2=O)N(C(=O)c2ncn(C)n2)C1. The number of aromatic nitrogens is 5. The second-order valence-corrected chi connectivity index (χ2v) is 12.1. The van der Waals surface area contributed by atoms with E-state index >= 15 is 0 Å². The van der Waals surface area contributed by atoms with Gasteiger partial charge >= 0.3 is 0 Å². The predicted molar refractivity (Wildman–Crippen MR) is 155 cm³/mol. The largest absolute Gasteiger partial charge is 0.501 e. The summed E-state index contributed by atoms with van der Waals surface area (Å²) in [5, 5.41) is 20.7. The van der Waals surface area contributed by atoms with Gasteiger partial charge in [0.15, 0.2) is 5.69 Å². The van der Waals surface area contributed by atoms with E-state index in [1.807, 2.05) is 0 Å². The monoisotopic (exact) mass is 622 g/mol. The van der Waals surface area contributed by atoms with Gasteiger partial charge in [0.2, 0.25) is 17.5 Å². The highest BCUT2D eigenvalue weighted by molar-refractivity contribution is 5.96. The zero-order valence-corrected chi connectivity index (χ0v) is 25.2. The van der Waals surface area contributed by atoms with Crippen molar-refractivity contribution < 1.29 is 28.6 Å². The molecule has 3 N–H and O–H groups in total. The molecule has 7 rings (SSSR count). The van der Waals surface area contributed by atoms with Crippen molar-refractivity contribution in [1.82, 2.24) is 39.8 Å². The van der Waals surface area contributed by atoms with Crippen molar-refractivity contribution in [3.05, 3.63) is 69.2 Å². The number of benzene rings is 1. The van der Waals surface area contributed by atoms with E-state index in [4.69, 9.17) is 4.74 Å². The topological polar surface area (TPSA) is 174 Å². The molecule has 3 amide bonds. The first kappa shape index (κ1) is 30.4. The maximum atomic E-state index is 14.0. The van der Waals surface area contributed by atoms with Gasteiger partial charge in [0.1, 0.15) is 24.0 Å². The highest BCUT2D eigenvalue weighted by atomic mass is 19.1. The van der Waals surface area contributed by atoms with Crippen LogP contribution in [0.25, 0.3) is 0 Å². The van der Waals surface area contributed by atoms with Crippen LogP contribution in [0, 0.1) is 18.7 Å². The summed E-state index contributed by atoms with van der Waals surface area (Å²) < 4.78 is 22.0. The number of hydrogen-bond acceptors (Lipinski definition) is 9. The number of nitrogens with one attached hydrogen (secondary N) is 2. The third-order valence-electron chi connectivity index (χ3n) is 9.18. The van der Waals surface area contributed by atoms with Crippen LogP contribution in [0.3, 0.4) is 0 Å². The lowest BCUT2D eigenvalue weighted by molar-refractivity contribution is -0.127. The highest BCUT2D eigenvalue weighted by Gasteiger charge is 2.49. The fourth-order valence-electron chi connectivity index (χ4n) is 6.66. The fraction of sp³-hybridized carbons (Fsp3) is 0.500. The van der Waals surface area contributed by atoms with Gasteiger partial charge in [-0.1, -0.05) is 12.1 Å². The Hall–Kier alpha value is -4.66. The second kappa shape index (κ2) is 11.7. The lowest BCUT2D eigenvalue weighted by Crippen LogP contribution is -2.55. The van der Waals surface area contributed by atoms with Crippen LogP contribution in [0.1, 0.15) is 70.2 Å². The molecule has 2 atom stereocenters. The summed E-state index contributed by atoms with van der Waals surface area (Å²) in [7, 11) is 3.15. The van der Waals surface area contributed by atoms with Crippen LogP contribution in [0.4, 0.5) is 4.39 Å². The minimum atomic E-state index is -1.12. The van der Waals surface area contributed by atoms with Crippen molar-refractivity contribution >= 4 is 17.7 Å². The third-order valence-corrected chi connectivity index (χ3v) is 9.18. The summed E-state index contributed by atoms with van der Waals surface area (Å²) in [6.45, 7) is 2.07. The standard InChI is InChI=1S/C30H35FN8O6/c1-16-10-18(4-5-20(16)31)12-32-26(42)22-23(40)27(43)39-13-17-6-8-30(9-7-17,29(39)34-22)35-25(41)21-11-19(45-3)14-38(21)28(44)24-33-15-37(2)36-24/h4-5,10,15,17,19,21,40H,6-9,11-14H2,1-3H3,(H,32,42)(H,35,41)/t17?,19-,21-,30?/m0/s1. The van der Waals surface area contributed by atoms with Crippen LogP contribution >= 0.6 is 0 Å². The zero-order valence-electron chi connectivity index (χ0n) is 25.2. The quantitative estimate of drug-likeness (QED) is 0.346. The zero-order chi connectivity index (χ0) is 32.0. The van der Waals surface area contributed by atoms with Gasteiger partial charge in [-0.3, -0.25) is 28.4 Å². The summed E-state index contributed by atoms with van der Waals surface area (Å²) in [5.74, 6) is -2.64. The molecule has 4 aliphatic rings. The van der Waals surface area contributed by atoms with Crippen LogP contribution in [-0.2, 0) is 35.2 Å². The van der Waals surface area contributed by atoms with Crippen molar-refractivity contribution in [3.8, 4) is 5.75 Å². The van der Waals surface area contributed by atoms with Gasteiger partial charge in [0.25, 0.3) is 17.4 Å². The summed E-state index contributed by atoms with van der Waals surface area (Å²) in [6, 6.07) is 3.51. The Labute approximate surface area is 257 Å². The van der Waals surface area contributed by atoms with E-state index in [1.165, 1.54) is 39.7 Å². The third kappa shape index (κ3) is 5.56. The molecule has 3 aromatic rings. The predicted octanol–water partition coefficient (Wildman–Crippen LogP) is 0.900. The van der Waals surface area contributed by atoms with E-state index in [9.17, 15) is 28.7 Å². The molecule has 1 saturated carbocycles. The lowest BCUT2D eigenvalue weighted by Gasteiger charge is -2.38. The number of amides is 3. The minimum Gasteiger partial charge on any atom is -0.501 e. The van der Waals surface area contributed by atoms with Crippen molar-refractivity contribution in [2.75, 3.05) is 13.7 Å². The molecule has 0 unspecified atom stereocenters. The van der Waals surface area contributed by atoms with Gasteiger partial charge in [-0.15, -0.1) is 5.10 Å². The van der Waals surface area contributed by atoms with Crippen LogP contribution in [0.5, 0.6) is 5.75 Å². The second-order valence-electron chi connectivity index (χ2n) is 12.1. The number of ether oxygens (including phenoxy) is 1. The van der Waals surface area contributed by atoms with Crippen LogP contribution in [0.15, 0.2) is 29.3 Å². The number of carbonyl (C=O) groups is 3. The van der Waals surface area contributed by atoms with Crippen molar-refractivity contribution in [2.45, 2.75) is 69.8 Å². The molecule has 45 heavy (non-hydrogen) atoms. The maximum Gasteiger partial charge on any atom is 0.296 e. The van der Waals surface area contributed by atoms with Gasteiger partial charge in [-0.2, -0.15) is 0 Å². The van der Waals surface area contributed by atoms with E-state index in [0.717, 1.165) is 0 Å². The Kier molecular flexibility index (Phi) is 7.89. The molecular formula is C30H35FN8O6. The number of methoxy groups -OCH3 is 1. The first-order valence-corrected chi connectivity index (χ1v) is 14.9. The number of aryl methyl sites for hydroxylation is 2. The number of fused-ring (bicyclic) bond motifs is 2. The average molecular weight is 623 g/mol. The molecule has 15 heteroatoms. The van der Waals surface area contributed by atoms with Crippen molar-refractivity contribution in [1.29, 1.82) is 0 Å². The summed E-state index contributed by atoms with van der Waals surface area (Å²) in [5.41, 5.74) is -1.31. The van der Waals surface area contributed by atoms with Gasteiger partial charge < -0.3 is 25.4 Å².